The lowest BCUT2D eigenvalue weighted by Crippen LogP contribution is -2.37. The first kappa shape index (κ1) is 15.9. The number of carbonyl (C=O) groups is 1. The van der Waals surface area contributed by atoms with E-state index >= 15 is 0 Å². The summed E-state index contributed by atoms with van der Waals surface area (Å²) in [5.41, 5.74) is 0.719. The van der Waals surface area contributed by atoms with Crippen molar-refractivity contribution in [2.45, 2.75) is 20.1 Å². The van der Waals surface area contributed by atoms with Gasteiger partial charge >= 0.3 is 6.03 Å². The van der Waals surface area contributed by atoms with E-state index in [-0.39, 0.29) is 6.03 Å². The van der Waals surface area contributed by atoms with Crippen LogP contribution in [0.2, 0.25) is 0 Å². The zero-order chi connectivity index (χ0) is 14.1. The number of ether oxygens (including phenoxy) is 2. The van der Waals surface area contributed by atoms with E-state index in [1.165, 1.54) is 0 Å². The van der Waals surface area contributed by atoms with Gasteiger partial charge in [0, 0.05) is 23.4 Å². The Morgan fingerprint density at radius 2 is 2.00 bits per heavy atom. The number of carbonyl (C=O) groups excluding carboxylic acids is 1. The molecule has 0 aliphatic heterocycles. The number of benzene rings is 1. The molecule has 0 spiro atoms. The third kappa shape index (κ3) is 6.56. The molecule has 0 aromatic heterocycles. The van der Waals surface area contributed by atoms with Crippen molar-refractivity contribution >= 4 is 27.6 Å². The molecule has 0 atom stereocenters. The Balaban J connectivity index is 2.38. The summed E-state index contributed by atoms with van der Waals surface area (Å²) < 4.78 is 11.6. The van der Waals surface area contributed by atoms with E-state index in [9.17, 15) is 4.79 Å². The van der Waals surface area contributed by atoms with Gasteiger partial charge in [-0.05, 0) is 32.0 Å². The van der Waals surface area contributed by atoms with E-state index in [4.69, 9.17) is 9.47 Å². The second kappa shape index (κ2) is 8.90. The predicted molar refractivity (Wildman–Crippen MR) is 78.2 cm³/mol. The van der Waals surface area contributed by atoms with Crippen molar-refractivity contribution in [3.8, 4) is 0 Å². The van der Waals surface area contributed by atoms with Gasteiger partial charge in [0.25, 0.3) is 0 Å². The molecule has 1 rings (SSSR count). The maximum Gasteiger partial charge on any atom is 0.319 e. The van der Waals surface area contributed by atoms with Crippen LogP contribution in [0.15, 0.2) is 28.7 Å². The van der Waals surface area contributed by atoms with Gasteiger partial charge in [-0.2, -0.15) is 0 Å². The number of urea groups is 1. The van der Waals surface area contributed by atoms with E-state index < -0.39 is 6.29 Å². The monoisotopic (exact) mass is 330 g/mol. The normalized spacial score (nSPS) is 10.5. The molecular weight excluding hydrogens is 312 g/mol. The van der Waals surface area contributed by atoms with Crippen molar-refractivity contribution in [3.63, 3.8) is 0 Å². The molecule has 5 nitrogen and oxygen atoms in total. The van der Waals surface area contributed by atoms with Crippen LogP contribution >= 0.6 is 15.9 Å². The first-order chi connectivity index (χ1) is 9.15. The molecule has 0 fully saturated rings. The van der Waals surface area contributed by atoms with Crippen LogP contribution in [-0.2, 0) is 9.47 Å². The summed E-state index contributed by atoms with van der Waals surface area (Å²) in [6.07, 6.45) is -0.414. The molecular formula is C13H19BrN2O3. The second-order valence-electron chi connectivity index (χ2n) is 3.69. The molecule has 0 bridgehead atoms. The van der Waals surface area contributed by atoms with Crippen molar-refractivity contribution in [1.29, 1.82) is 0 Å². The molecule has 0 unspecified atom stereocenters. The van der Waals surface area contributed by atoms with Gasteiger partial charge in [0.05, 0.1) is 6.54 Å². The Morgan fingerprint density at radius 1 is 1.32 bits per heavy atom. The lowest BCUT2D eigenvalue weighted by Gasteiger charge is -2.17. The third-order valence-corrected chi connectivity index (χ3v) is 2.71. The highest BCUT2D eigenvalue weighted by atomic mass is 79.9. The Hall–Kier alpha value is -1.11. The van der Waals surface area contributed by atoms with Gasteiger partial charge in [-0.1, -0.05) is 22.0 Å². The van der Waals surface area contributed by atoms with Gasteiger partial charge in [0.2, 0.25) is 0 Å². The molecule has 1 aromatic rings. The van der Waals surface area contributed by atoms with E-state index in [2.05, 4.69) is 26.6 Å². The smallest absolute Gasteiger partial charge is 0.319 e. The Morgan fingerprint density at radius 3 is 2.58 bits per heavy atom. The third-order valence-electron chi connectivity index (χ3n) is 2.22. The first-order valence-electron chi connectivity index (χ1n) is 6.19. The van der Waals surface area contributed by atoms with Crippen LogP contribution in [0.25, 0.3) is 0 Å². The number of amides is 2. The summed E-state index contributed by atoms with van der Waals surface area (Å²) >= 11 is 3.34. The van der Waals surface area contributed by atoms with Crippen molar-refractivity contribution < 1.29 is 14.3 Å². The zero-order valence-electron chi connectivity index (χ0n) is 11.1. The van der Waals surface area contributed by atoms with Gasteiger partial charge in [-0.3, -0.25) is 0 Å². The number of hydrogen-bond acceptors (Lipinski definition) is 3. The molecule has 19 heavy (non-hydrogen) atoms. The molecule has 0 radical (unpaired) electrons. The molecule has 2 amide bonds. The number of rotatable bonds is 7. The van der Waals surface area contributed by atoms with Crippen LogP contribution < -0.4 is 10.6 Å². The lowest BCUT2D eigenvalue weighted by molar-refractivity contribution is -0.131. The van der Waals surface area contributed by atoms with Gasteiger partial charge in [0.15, 0.2) is 6.29 Å². The fourth-order valence-corrected chi connectivity index (χ4v) is 1.85. The fourth-order valence-electron chi connectivity index (χ4n) is 1.46. The van der Waals surface area contributed by atoms with Gasteiger partial charge in [-0.25, -0.2) is 4.79 Å². The van der Waals surface area contributed by atoms with E-state index in [1.54, 1.807) is 0 Å². The van der Waals surface area contributed by atoms with Crippen molar-refractivity contribution in [3.05, 3.63) is 28.7 Å². The van der Waals surface area contributed by atoms with Gasteiger partial charge in [-0.15, -0.1) is 0 Å². The molecule has 2 N–H and O–H groups in total. The van der Waals surface area contributed by atoms with E-state index in [0.29, 0.717) is 19.8 Å². The molecule has 0 aliphatic rings. The van der Waals surface area contributed by atoms with E-state index in [1.807, 2.05) is 38.1 Å². The van der Waals surface area contributed by atoms with Crippen molar-refractivity contribution in [2.75, 3.05) is 25.1 Å². The van der Waals surface area contributed by atoms with Crippen LogP contribution in [-0.4, -0.2) is 32.1 Å². The molecule has 0 saturated heterocycles. The summed E-state index contributed by atoms with van der Waals surface area (Å²) in [7, 11) is 0. The van der Waals surface area contributed by atoms with Crippen molar-refractivity contribution in [2.24, 2.45) is 0 Å². The lowest BCUT2D eigenvalue weighted by atomic mass is 10.3. The SMILES string of the molecule is CCOC(CNC(=O)Nc1cccc(Br)c1)OCC. The summed E-state index contributed by atoms with van der Waals surface area (Å²) in [5, 5.41) is 5.44. The van der Waals surface area contributed by atoms with Gasteiger partial charge < -0.3 is 20.1 Å². The first-order valence-corrected chi connectivity index (χ1v) is 6.98. The van der Waals surface area contributed by atoms with Crippen LogP contribution in [0.5, 0.6) is 0 Å². The number of hydrogen-bond donors (Lipinski definition) is 2. The zero-order valence-corrected chi connectivity index (χ0v) is 12.7. The van der Waals surface area contributed by atoms with Crippen LogP contribution in [0, 0.1) is 0 Å². The second-order valence-corrected chi connectivity index (χ2v) is 4.60. The Labute approximate surface area is 121 Å². The topological polar surface area (TPSA) is 59.6 Å². The minimum atomic E-state index is -0.414. The largest absolute Gasteiger partial charge is 0.351 e. The number of halogens is 1. The average Bonchev–Trinajstić information content (AvgIpc) is 2.36. The standard InChI is InChI=1S/C13H19BrN2O3/c1-3-18-12(19-4-2)9-15-13(17)16-11-7-5-6-10(14)8-11/h5-8,12H,3-4,9H2,1-2H3,(H2,15,16,17). The summed E-state index contributed by atoms with van der Waals surface area (Å²) in [4.78, 5) is 11.7. The summed E-state index contributed by atoms with van der Waals surface area (Å²) in [5.74, 6) is 0. The maximum atomic E-state index is 11.7. The summed E-state index contributed by atoms with van der Waals surface area (Å²) in [6, 6.07) is 7.09. The highest BCUT2D eigenvalue weighted by molar-refractivity contribution is 9.10. The van der Waals surface area contributed by atoms with Crippen LogP contribution in [0.3, 0.4) is 0 Å². The highest BCUT2D eigenvalue weighted by Gasteiger charge is 2.09. The summed E-state index contributed by atoms with van der Waals surface area (Å²) in [6.45, 7) is 5.15. The minimum absolute atomic E-state index is 0.289. The molecule has 6 heteroatoms. The fraction of sp³-hybridized carbons (Fsp3) is 0.462. The average molecular weight is 331 g/mol. The maximum absolute atomic E-state index is 11.7. The molecule has 0 saturated carbocycles. The van der Waals surface area contributed by atoms with Crippen molar-refractivity contribution in [1.82, 2.24) is 5.32 Å². The molecule has 1 aromatic carbocycles. The van der Waals surface area contributed by atoms with Crippen LogP contribution in [0.1, 0.15) is 13.8 Å². The minimum Gasteiger partial charge on any atom is -0.351 e. The number of anilines is 1. The quantitative estimate of drug-likeness (QED) is 0.755. The Kier molecular flexibility index (Phi) is 7.47. The van der Waals surface area contributed by atoms with Gasteiger partial charge in [0.1, 0.15) is 0 Å². The van der Waals surface area contributed by atoms with Crippen LogP contribution in [0.4, 0.5) is 10.5 Å². The number of nitrogens with one attached hydrogen (secondary N) is 2. The Bertz CT molecular complexity index is 395. The molecule has 0 heterocycles. The predicted octanol–water partition coefficient (Wildman–Crippen LogP) is 2.97. The van der Waals surface area contributed by atoms with E-state index in [0.717, 1.165) is 10.2 Å². The highest BCUT2D eigenvalue weighted by Crippen LogP contribution is 2.15. The molecule has 0 aliphatic carbocycles. The molecule has 106 valence electrons.